The fourth-order valence-electron chi connectivity index (χ4n) is 4.54. The molecule has 0 unspecified atom stereocenters. The Labute approximate surface area is 178 Å². The highest BCUT2D eigenvalue weighted by atomic mass is 35.5. The molecule has 2 saturated heterocycles. The first-order chi connectivity index (χ1) is 14.5. The molecule has 0 radical (unpaired) electrons. The van der Waals surface area contributed by atoms with Gasteiger partial charge in [-0.1, -0.05) is 11.6 Å². The van der Waals surface area contributed by atoms with Crippen LogP contribution in [0.15, 0.2) is 30.5 Å². The van der Waals surface area contributed by atoms with Gasteiger partial charge in [0.25, 0.3) is 0 Å². The second-order valence-electron chi connectivity index (χ2n) is 8.08. The van der Waals surface area contributed by atoms with Crippen LogP contribution in [0.2, 0.25) is 5.02 Å². The van der Waals surface area contributed by atoms with E-state index < -0.39 is 5.97 Å². The van der Waals surface area contributed by atoms with E-state index in [1.807, 2.05) is 12.1 Å². The normalized spacial score (nSPS) is 17.9. The van der Waals surface area contributed by atoms with Crippen molar-refractivity contribution in [2.75, 3.05) is 38.3 Å². The van der Waals surface area contributed by atoms with Crippen LogP contribution in [0.3, 0.4) is 0 Å². The summed E-state index contributed by atoms with van der Waals surface area (Å²) in [7, 11) is 1.58. The van der Waals surface area contributed by atoms with Crippen molar-refractivity contribution in [2.24, 2.45) is 5.41 Å². The molecule has 0 amide bonds. The number of carboxylic acid groups (broad SMARTS) is 1. The van der Waals surface area contributed by atoms with Crippen LogP contribution in [-0.2, 0) is 4.74 Å². The third-order valence-electron chi connectivity index (χ3n) is 6.26. The van der Waals surface area contributed by atoms with Crippen molar-refractivity contribution in [2.45, 2.75) is 12.8 Å². The van der Waals surface area contributed by atoms with Gasteiger partial charge in [-0.3, -0.25) is 0 Å². The smallest absolute Gasteiger partial charge is 0.337 e. The summed E-state index contributed by atoms with van der Waals surface area (Å²) >= 11 is 6.52. The lowest BCUT2D eigenvalue weighted by Gasteiger charge is -2.52. The predicted molar refractivity (Wildman–Crippen MR) is 115 cm³/mol. The summed E-state index contributed by atoms with van der Waals surface area (Å²) in [6, 6.07) is 7.42. The molecule has 0 atom stereocenters. The summed E-state index contributed by atoms with van der Waals surface area (Å²) in [5, 5.41) is 10.5. The molecule has 5 rings (SSSR count). The highest BCUT2D eigenvalue weighted by molar-refractivity contribution is 6.34. The molecule has 2 aromatic heterocycles. The van der Waals surface area contributed by atoms with Crippen LogP contribution in [0.25, 0.3) is 22.0 Å². The number of carbonyl (C=O) groups is 1. The molecule has 0 bridgehead atoms. The third-order valence-corrected chi connectivity index (χ3v) is 6.57. The van der Waals surface area contributed by atoms with Crippen molar-refractivity contribution in [3.63, 3.8) is 0 Å². The molecule has 0 saturated carbocycles. The number of aromatic nitrogens is 2. The minimum Gasteiger partial charge on any atom is -0.480 e. The van der Waals surface area contributed by atoms with Gasteiger partial charge in [0.15, 0.2) is 0 Å². The average Bonchev–Trinajstić information content (AvgIpc) is 3.14. The maximum absolute atomic E-state index is 11.5. The van der Waals surface area contributed by atoms with Crippen LogP contribution in [0.4, 0.5) is 5.82 Å². The van der Waals surface area contributed by atoms with Crippen molar-refractivity contribution in [3.8, 4) is 17.0 Å². The van der Waals surface area contributed by atoms with Gasteiger partial charge in [0.05, 0.1) is 17.7 Å². The molecular formula is C22H22ClN3O4. The first kappa shape index (κ1) is 19.2. The number of nitrogens with one attached hydrogen (secondary N) is 1. The van der Waals surface area contributed by atoms with Gasteiger partial charge < -0.3 is 24.5 Å². The summed E-state index contributed by atoms with van der Waals surface area (Å²) in [5.41, 5.74) is 2.64. The highest BCUT2D eigenvalue weighted by Crippen LogP contribution is 2.43. The van der Waals surface area contributed by atoms with E-state index in [4.69, 9.17) is 26.1 Å². The maximum Gasteiger partial charge on any atom is 0.337 e. The van der Waals surface area contributed by atoms with E-state index in [1.54, 1.807) is 19.2 Å². The van der Waals surface area contributed by atoms with Gasteiger partial charge in [-0.2, -0.15) is 4.98 Å². The summed E-state index contributed by atoms with van der Waals surface area (Å²) in [5.74, 6) is 0.349. The van der Waals surface area contributed by atoms with Crippen molar-refractivity contribution >= 4 is 34.3 Å². The number of hydrogen-bond donors (Lipinski definition) is 2. The molecule has 2 fully saturated rings. The Morgan fingerprint density at radius 1 is 1.27 bits per heavy atom. The minimum atomic E-state index is -0.991. The fourth-order valence-corrected chi connectivity index (χ4v) is 4.81. The second kappa shape index (κ2) is 7.18. The number of methoxy groups -OCH3 is 1. The predicted octanol–water partition coefficient (Wildman–Crippen LogP) is 4.21. The van der Waals surface area contributed by atoms with Gasteiger partial charge >= 0.3 is 5.97 Å². The SMILES string of the molecule is COc1nc(N2CC3(CCOCC3)C2)ccc1-c1cc2c(C(=O)O)c[nH]c2cc1Cl. The molecule has 4 heterocycles. The molecule has 30 heavy (non-hydrogen) atoms. The van der Waals surface area contributed by atoms with E-state index >= 15 is 0 Å². The number of anilines is 1. The number of benzene rings is 1. The zero-order valence-corrected chi connectivity index (χ0v) is 17.3. The number of carboxylic acids is 1. The Kier molecular flexibility index (Phi) is 4.60. The minimum absolute atomic E-state index is 0.203. The molecule has 8 heteroatoms. The summed E-state index contributed by atoms with van der Waals surface area (Å²) < 4.78 is 11.1. The molecule has 156 valence electrons. The first-order valence-corrected chi connectivity index (χ1v) is 10.3. The van der Waals surface area contributed by atoms with Gasteiger partial charge in [-0.15, -0.1) is 0 Å². The molecule has 1 spiro atoms. The molecule has 1 aromatic carbocycles. The van der Waals surface area contributed by atoms with E-state index in [0.717, 1.165) is 50.5 Å². The van der Waals surface area contributed by atoms with Crippen LogP contribution in [0, 0.1) is 5.41 Å². The summed E-state index contributed by atoms with van der Waals surface area (Å²) in [6.45, 7) is 3.62. The zero-order valence-electron chi connectivity index (χ0n) is 16.6. The van der Waals surface area contributed by atoms with Crippen LogP contribution in [0.1, 0.15) is 23.2 Å². The first-order valence-electron chi connectivity index (χ1n) is 9.92. The number of halogens is 1. The number of pyridine rings is 1. The Bertz CT molecular complexity index is 1130. The molecule has 0 aliphatic carbocycles. The summed E-state index contributed by atoms with van der Waals surface area (Å²) in [6.07, 6.45) is 3.66. The Balaban J connectivity index is 1.49. The second-order valence-corrected chi connectivity index (χ2v) is 8.49. The van der Waals surface area contributed by atoms with E-state index in [0.29, 0.717) is 32.8 Å². The van der Waals surface area contributed by atoms with E-state index in [-0.39, 0.29) is 5.56 Å². The van der Waals surface area contributed by atoms with Crippen molar-refractivity contribution in [1.82, 2.24) is 9.97 Å². The quantitative estimate of drug-likeness (QED) is 0.648. The van der Waals surface area contributed by atoms with Gasteiger partial charge in [0.1, 0.15) is 5.82 Å². The van der Waals surface area contributed by atoms with Crippen molar-refractivity contribution < 1.29 is 19.4 Å². The van der Waals surface area contributed by atoms with Crippen LogP contribution >= 0.6 is 11.6 Å². The van der Waals surface area contributed by atoms with Crippen LogP contribution < -0.4 is 9.64 Å². The van der Waals surface area contributed by atoms with E-state index in [1.165, 1.54) is 6.20 Å². The monoisotopic (exact) mass is 427 g/mol. The van der Waals surface area contributed by atoms with Gasteiger partial charge in [0, 0.05) is 59.9 Å². The number of H-pyrrole nitrogens is 1. The van der Waals surface area contributed by atoms with E-state index in [2.05, 4.69) is 9.88 Å². The molecule has 3 aromatic rings. The van der Waals surface area contributed by atoms with E-state index in [9.17, 15) is 9.90 Å². The number of ether oxygens (including phenoxy) is 2. The number of fused-ring (bicyclic) bond motifs is 1. The number of aromatic carboxylic acids is 1. The zero-order chi connectivity index (χ0) is 20.9. The number of rotatable bonds is 4. The topological polar surface area (TPSA) is 87.7 Å². The Hall–Kier alpha value is -2.77. The average molecular weight is 428 g/mol. The molecule has 2 aliphatic rings. The fraction of sp³-hybridized carbons (Fsp3) is 0.364. The van der Waals surface area contributed by atoms with Crippen molar-refractivity contribution in [3.05, 3.63) is 41.0 Å². The lowest BCUT2D eigenvalue weighted by atomic mass is 9.73. The highest BCUT2D eigenvalue weighted by Gasteiger charge is 2.44. The van der Waals surface area contributed by atoms with Crippen LogP contribution in [-0.4, -0.2) is 54.5 Å². The Morgan fingerprint density at radius 2 is 2.03 bits per heavy atom. The summed E-state index contributed by atoms with van der Waals surface area (Å²) in [4.78, 5) is 21.5. The van der Waals surface area contributed by atoms with Crippen molar-refractivity contribution in [1.29, 1.82) is 0 Å². The molecular weight excluding hydrogens is 406 g/mol. The molecule has 2 aliphatic heterocycles. The van der Waals surface area contributed by atoms with Gasteiger partial charge in [-0.05, 0) is 37.1 Å². The maximum atomic E-state index is 11.5. The molecule has 2 N–H and O–H groups in total. The Morgan fingerprint density at radius 3 is 2.73 bits per heavy atom. The van der Waals surface area contributed by atoms with Gasteiger partial charge in [-0.25, -0.2) is 4.79 Å². The standard InChI is InChI=1S/C22H22ClN3O4/c1-29-20-13(14-8-15-16(21(27)28)10-24-18(15)9-17(14)23)2-3-19(25-20)26-11-22(12-26)4-6-30-7-5-22/h2-3,8-10,24H,4-7,11-12H2,1H3,(H,27,28). The van der Waals surface area contributed by atoms with Crippen LogP contribution in [0.5, 0.6) is 5.88 Å². The largest absolute Gasteiger partial charge is 0.480 e. The number of hydrogen-bond acceptors (Lipinski definition) is 5. The number of aromatic amines is 1. The lowest BCUT2D eigenvalue weighted by Crippen LogP contribution is -2.58. The number of nitrogens with zero attached hydrogens (tertiary/aromatic N) is 2. The van der Waals surface area contributed by atoms with Gasteiger partial charge in [0.2, 0.25) is 5.88 Å². The third kappa shape index (κ3) is 3.09. The molecule has 7 nitrogen and oxygen atoms in total. The lowest BCUT2D eigenvalue weighted by molar-refractivity contribution is -0.000482.